The molecule has 5 aromatic carbocycles. The Labute approximate surface area is 254 Å². The van der Waals surface area contributed by atoms with Crippen LogP contribution in [-0.4, -0.2) is 20.8 Å². The van der Waals surface area contributed by atoms with Gasteiger partial charge < -0.3 is 4.57 Å². The van der Waals surface area contributed by atoms with Gasteiger partial charge in [-0.1, -0.05) is 103 Å². The van der Waals surface area contributed by atoms with Crippen LogP contribution in [0.25, 0.3) is 71.9 Å². The van der Waals surface area contributed by atoms with E-state index in [-0.39, 0.29) is 0 Å². The van der Waals surface area contributed by atoms with Crippen LogP contribution in [0.4, 0.5) is 0 Å². The molecule has 43 heavy (non-hydrogen) atoms. The molecule has 0 aliphatic carbocycles. The summed E-state index contributed by atoms with van der Waals surface area (Å²) < 4.78 is 2.39. The number of hydrogen-bond donors (Lipinski definition) is 0. The lowest BCUT2D eigenvalue weighted by molar-refractivity contribution is 1.16. The molecule has 0 saturated carbocycles. The molecule has 0 aliphatic rings. The summed E-state index contributed by atoms with van der Waals surface area (Å²) in [5.74, 6) is 0. The molecule has 0 atom stereocenters. The van der Waals surface area contributed by atoms with E-state index >= 15 is 0 Å². The summed E-state index contributed by atoms with van der Waals surface area (Å²) in [6.07, 6.45) is 6.05. The molecule has 0 amide bonds. The molecule has 0 N–H and O–H groups in total. The molecule has 204 valence electrons. The topological polar surface area (TPSA) is 30.7 Å². The zero-order valence-corrected chi connectivity index (χ0v) is 24.4. The maximum atomic E-state index is 5.15. The summed E-state index contributed by atoms with van der Waals surface area (Å²) >= 11 is 1.78. The highest BCUT2D eigenvalue weighted by Crippen LogP contribution is 2.43. The maximum absolute atomic E-state index is 5.15. The Hall–Kier alpha value is -5.19. The van der Waals surface area contributed by atoms with Crippen LogP contribution >= 0.6 is 11.8 Å². The second-order valence-corrected chi connectivity index (χ2v) is 11.5. The Kier molecular flexibility index (Phi) is 6.27. The van der Waals surface area contributed by atoms with E-state index in [4.69, 9.17) is 4.98 Å². The van der Waals surface area contributed by atoms with Gasteiger partial charge >= 0.3 is 0 Å². The van der Waals surface area contributed by atoms with Crippen LogP contribution in [0.2, 0.25) is 0 Å². The zero-order chi connectivity index (χ0) is 28.8. The number of benzene rings is 5. The second kappa shape index (κ2) is 10.6. The molecule has 0 bridgehead atoms. The average molecular weight is 570 g/mol. The fourth-order valence-electron chi connectivity index (χ4n) is 6.25. The molecule has 3 aromatic heterocycles. The van der Waals surface area contributed by atoms with Crippen LogP contribution in [0.1, 0.15) is 0 Å². The Bertz CT molecular complexity index is 2210. The van der Waals surface area contributed by atoms with E-state index in [1.807, 2.05) is 24.5 Å². The minimum absolute atomic E-state index is 0.940. The first kappa shape index (κ1) is 25.5. The number of aromatic nitrogens is 3. The van der Waals surface area contributed by atoms with Gasteiger partial charge in [0.25, 0.3) is 0 Å². The van der Waals surface area contributed by atoms with Gasteiger partial charge in [-0.25, -0.2) is 4.98 Å². The SMILES string of the molecule is CSc1ccccc1-c1cc2c(c3ccccc13)c1cnccc1n2-c1cc(-c2ccccc2)nc(-c2ccccc2)c1. The number of hydrogen-bond acceptors (Lipinski definition) is 3. The van der Waals surface area contributed by atoms with Crippen molar-refractivity contribution in [3.8, 4) is 39.3 Å². The van der Waals surface area contributed by atoms with Crippen molar-refractivity contribution in [2.24, 2.45) is 0 Å². The van der Waals surface area contributed by atoms with E-state index in [2.05, 4.69) is 137 Å². The number of nitrogens with zero attached hydrogens (tertiary/aromatic N) is 3. The van der Waals surface area contributed by atoms with Crippen molar-refractivity contribution in [1.82, 2.24) is 14.5 Å². The first-order valence-electron chi connectivity index (χ1n) is 14.4. The van der Waals surface area contributed by atoms with E-state index in [0.29, 0.717) is 0 Å². The molecule has 0 aliphatic heterocycles. The van der Waals surface area contributed by atoms with Gasteiger partial charge in [0.15, 0.2) is 0 Å². The number of fused-ring (bicyclic) bond motifs is 5. The highest BCUT2D eigenvalue weighted by Gasteiger charge is 2.20. The third-order valence-electron chi connectivity index (χ3n) is 8.18. The van der Waals surface area contributed by atoms with Crippen molar-refractivity contribution in [1.29, 1.82) is 0 Å². The Balaban J connectivity index is 1.52. The highest BCUT2D eigenvalue weighted by molar-refractivity contribution is 7.98. The van der Waals surface area contributed by atoms with E-state index in [9.17, 15) is 0 Å². The fourth-order valence-corrected chi connectivity index (χ4v) is 6.86. The largest absolute Gasteiger partial charge is 0.309 e. The normalized spacial score (nSPS) is 11.5. The van der Waals surface area contributed by atoms with Crippen LogP contribution in [0.5, 0.6) is 0 Å². The summed E-state index contributed by atoms with van der Waals surface area (Å²) in [6, 6.07) is 47.3. The van der Waals surface area contributed by atoms with Crippen molar-refractivity contribution in [3.05, 3.63) is 146 Å². The third-order valence-corrected chi connectivity index (χ3v) is 8.97. The van der Waals surface area contributed by atoms with Crippen molar-refractivity contribution in [2.45, 2.75) is 4.90 Å². The van der Waals surface area contributed by atoms with Crippen LogP contribution in [-0.2, 0) is 0 Å². The predicted molar refractivity (Wildman–Crippen MR) is 182 cm³/mol. The molecule has 8 aromatic rings. The first-order chi connectivity index (χ1) is 21.3. The number of pyridine rings is 2. The van der Waals surface area contributed by atoms with Crippen LogP contribution in [0.15, 0.2) is 151 Å². The number of rotatable bonds is 5. The molecule has 0 unspecified atom stereocenters. The molecule has 8 rings (SSSR count). The first-order valence-corrected chi connectivity index (χ1v) is 15.6. The Morgan fingerprint density at radius 3 is 1.88 bits per heavy atom. The molecular weight excluding hydrogens is 543 g/mol. The summed E-state index contributed by atoms with van der Waals surface area (Å²) in [4.78, 5) is 11.0. The summed E-state index contributed by atoms with van der Waals surface area (Å²) in [5, 5.41) is 4.81. The molecule has 3 heterocycles. The van der Waals surface area contributed by atoms with Crippen molar-refractivity contribution >= 4 is 44.3 Å². The molecule has 0 radical (unpaired) electrons. The highest BCUT2D eigenvalue weighted by atomic mass is 32.2. The molecule has 0 fully saturated rings. The quantitative estimate of drug-likeness (QED) is 0.193. The van der Waals surface area contributed by atoms with Gasteiger partial charge in [0.2, 0.25) is 0 Å². The predicted octanol–water partition coefficient (Wildman–Crippen LogP) is 10.4. The van der Waals surface area contributed by atoms with Gasteiger partial charge in [-0.15, -0.1) is 11.8 Å². The summed E-state index contributed by atoms with van der Waals surface area (Å²) in [7, 11) is 0. The summed E-state index contributed by atoms with van der Waals surface area (Å²) in [5.41, 5.74) is 9.86. The van der Waals surface area contributed by atoms with Crippen molar-refractivity contribution in [2.75, 3.05) is 6.26 Å². The van der Waals surface area contributed by atoms with Gasteiger partial charge in [0.05, 0.1) is 28.1 Å². The monoisotopic (exact) mass is 569 g/mol. The molecular formula is C39H27N3S. The molecule has 0 saturated heterocycles. The molecule has 3 nitrogen and oxygen atoms in total. The minimum Gasteiger partial charge on any atom is -0.309 e. The van der Waals surface area contributed by atoms with Crippen LogP contribution < -0.4 is 0 Å². The van der Waals surface area contributed by atoms with Gasteiger partial charge in [-0.05, 0) is 58.5 Å². The summed E-state index contributed by atoms with van der Waals surface area (Å²) in [6.45, 7) is 0. The smallest absolute Gasteiger partial charge is 0.0730 e. The maximum Gasteiger partial charge on any atom is 0.0730 e. The lowest BCUT2D eigenvalue weighted by Gasteiger charge is -2.15. The minimum atomic E-state index is 0.940. The lowest BCUT2D eigenvalue weighted by Crippen LogP contribution is -1.99. The van der Waals surface area contributed by atoms with Crippen LogP contribution in [0.3, 0.4) is 0 Å². The lowest BCUT2D eigenvalue weighted by atomic mass is 9.95. The number of thioether (sulfide) groups is 1. The molecule has 0 spiro atoms. The van der Waals surface area contributed by atoms with Gasteiger partial charge in [0, 0.05) is 39.2 Å². The van der Waals surface area contributed by atoms with Gasteiger partial charge in [0.1, 0.15) is 0 Å². The Morgan fingerprint density at radius 2 is 1.19 bits per heavy atom. The van der Waals surface area contributed by atoms with E-state index in [1.165, 1.54) is 32.2 Å². The van der Waals surface area contributed by atoms with Crippen molar-refractivity contribution < 1.29 is 0 Å². The fraction of sp³-hybridized carbons (Fsp3) is 0.0256. The second-order valence-electron chi connectivity index (χ2n) is 10.6. The standard InChI is InChI=1S/C39H27N3S/c1-43-38-19-11-10-17-30(38)32-24-37-39(31-18-9-8-16-29(31)32)33-25-40-21-20-36(33)42(37)28-22-34(26-12-4-2-5-13-26)41-35(23-28)27-14-6-3-7-15-27/h2-25H,1H3. The third kappa shape index (κ3) is 4.30. The van der Waals surface area contributed by atoms with Gasteiger partial charge in [-0.3, -0.25) is 4.98 Å². The zero-order valence-electron chi connectivity index (χ0n) is 23.6. The van der Waals surface area contributed by atoms with E-state index in [0.717, 1.165) is 44.6 Å². The Morgan fingerprint density at radius 1 is 0.558 bits per heavy atom. The van der Waals surface area contributed by atoms with Crippen molar-refractivity contribution in [3.63, 3.8) is 0 Å². The average Bonchev–Trinajstić information content (AvgIpc) is 3.43. The van der Waals surface area contributed by atoms with Gasteiger partial charge in [-0.2, -0.15) is 0 Å². The van der Waals surface area contributed by atoms with Crippen LogP contribution in [0, 0.1) is 0 Å². The van der Waals surface area contributed by atoms with E-state index in [1.54, 1.807) is 11.8 Å². The van der Waals surface area contributed by atoms with E-state index < -0.39 is 0 Å². The molecule has 4 heteroatoms.